The first kappa shape index (κ1) is 24.9. The molecule has 0 aliphatic heterocycles. The van der Waals surface area contributed by atoms with Crippen LogP contribution >= 0.6 is 0 Å². The number of H-pyrrole nitrogens is 1. The van der Waals surface area contributed by atoms with Gasteiger partial charge in [-0.05, 0) is 60.9 Å². The van der Waals surface area contributed by atoms with E-state index >= 15 is 0 Å². The fraction of sp³-hybridized carbons (Fsp3) is 0.207. The zero-order chi connectivity index (χ0) is 25.3. The van der Waals surface area contributed by atoms with E-state index in [4.69, 9.17) is 0 Å². The average Bonchev–Trinajstić information content (AvgIpc) is 3.38. The van der Waals surface area contributed by atoms with Crippen molar-refractivity contribution >= 4 is 11.8 Å². The Balaban J connectivity index is 1.36. The van der Waals surface area contributed by atoms with E-state index in [9.17, 15) is 14.0 Å². The summed E-state index contributed by atoms with van der Waals surface area (Å²) >= 11 is 0. The van der Waals surface area contributed by atoms with Crippen LogP contribution < -0.4 is 5.32 Å². The highest BCUT2D eigenvalue weighted by molar-refractivity contribution is 5.97. The highest BCUT2D eigenvalue weighted by atomic mass is 19.1. The Labute approximate surface area is 210 Å². The number of aromatic nitrogens is 2. The number of carbonyl (C=O) groups is 2. The minimum absolute atomic E-state index is 0.139. The topological polar surface area (TPSA) is 78.1 Å². The van der Waals surface area contributed by atoms with Crippen molar-refractivity contribution in [3.05, 3.63) is 114 Å². The van der Waals surface area contributed by atoms with Gasteiger partial charge in [-0.15, -0.1) is 0 Å². The number of likely N-dealkylation sites (N-methyl/N-ethyl adjacent to an activating group) is 1. The zero-order valence-corrected chi connectivity index (χ0v) is 20.2. The van der Waals surface area contributed by atoms with Crippen molar-refractivity contribution in [3.63, 3.8) is 0 Å². The summed E-state index contributed by atoms with van der Waals surface area (Å²) in [6, 6.07) is 26.0. The van der Waals surface area contributed by atoms with Gasteiger partial charge in [0, 0.05) is 36.8 Å². The first-order valence-electron chi connectivity index (χ1n) is 11.9. The van der Waals surface area contributed by atoms with E-state index in [2.05, 4.69) is 15.5 Å². The average molecular weight is 485 g/mol. The number of nitrogens with zero attached hydrogens (tertiary/aromatic N) is 2. The number of amides is 2. The van der Waals surface area contributed by atoms with Gasteiger partial charge < -0.3 is 10.2 Å². The molecule has 0 fully saturated rings. The molecule has 2 N–H and O–H groups in total. The Kier molecular flexibility index (Phi) is 8.24. The van der Waals surface area contributed by atoms with E-state index in [1.165, 1.54) is 12.1 Å². The second-order valence-corrected chi connectivity index (χ2v) is 8.73. The molecule has 6 nitrogen and oxygen atoms in total. The van der Waals surface area contributed by atoms with E-state index in [0.717, 1.165) is 28.9 Å². The molecule has 0 saturated heterocycles. The first-order valence-corrected chi connectivity index (χ1v) is 11.9. The van der Waals surface area contributed by atoms with Gasteiger partial charge in [0.05, 0.1) is 5.69 Å². The monoisotopic (exact) mass is 484 g/mol. The zero-order valence-electron chi connectivity index (χ0n) is 20.2. The van der Waals surface area contributed by atoms with Gasteiger partial charge in [0.15, 0.2) is 0 Å². The van der Waals surface area contributed by atoms with Crippen LogP contribution in [-0.2, 0) is 17.6 Å². The number of nitrogens with one attached hydrogen (secondary N) is 2. The Morgan fingerprint density at radius 3 is 2.33 bits per heavy atom. The highest BCUT2D eigenvalue weighted by Crippen LogP contribution is 2.18. The molecule has 1 aromatic heterocycles. The molecule has 4 aromatic rings. The number of benzene rings is 3. The number of hydrogen-bond donors (Lipinski definition) is 2. The van der Waals surface area contributed by atoms with Crippen LogP contribution in [0, 0.1) is 5.82 Å². The molecule has 0 saturated carbocycles. The number of aryl methyl sites for hydroxylation is 1. The van der Waals surface area contributed by atoms with Crippen molar-refractivity contribution in [1.29, 1.82) is 0 Å². The minimum Gasteiger partial charge on any atom is -0.344 e. The summed E-state index contributed by atoms with van der Waals surface area (Å²) in [5.74, 6) is -0.698. The summed E-state index contributed by atoms with van der Waals surface area (Å²) in [5, 5.41) is 10.3. The van der Waals surface area contributed by atoms with Crippen molar-refractivity contribution < 1.29 is 14.0 Å². The quantitative estimate of drug-likeness (QED) is 0.344. The van der Waals surface area contributed by atoms with Gasteiger partial charge in [-0.3, -0.25) is 14.7 Å². The molecule has 36 heavy (non-hydrogen) atoms. The van der Waals surface area contributed by atoms with Gasteiger partial charge in [-0.25, -0.2) is 4.39 Å². The van der Waals surface area contributed by atoms with Crippen LogP contribution in [0.5, 0.6) is 0 Å². The summed E-state index contributed by atoms with van der Waals surface area (Å²) in [5.41, 5.74) is 4.02. The van der Waals surface area contributed by atoms with Crippen molar-refractivity contribution in [2.24, 2.45) is 0 Å². The van der Waals surface area contributed by atoms with Gasteiger partial charge in [0.1, 0.15) is 11.9 Å². The standard InChI is InChI=1S/C29H29FN4O2/c1-34(18-8-13-25-20-26(33-32-25)22-14-16-24(30)17-15-22)29(36)27(19-21-9-4-2-5-10-21)31-28(35)23-11-6-3-7-12-23/h2-7,9-12,14-17,20,27H,8,13,18-19H2,1H3,(H,31,35)(H,32,33)/t27-/m1/s1. The van der Waals surface area contributed by atoms with Crippen LogP contribution in [0.2, 0.25) is 0 Å². The van der Waals surface area contributed by atoms with Crippen LogP contribution in [0.15, 0.2) is 91.0 Å². The SMILES string of the molecule is CN(CCCc1cc(-c2ccc(F)cc2)n[nH]1)C(=O)[C@@H](Cc1ccccc1)NC(=O)c1ccccc1. The predicted molar refractivity (Wildman–Crippen MR) is 138 cm³/mol. The van der Waals surface area contributed by atoms with Crippen molar-refractivity contribution in [1.82, 2.24) is 20.4 Å². The van der Waals surface area contributed by atoms with E-state index in [-0.39, 0.29) is 17.6 Å². The lowest BCUT2D eigenvalue weighted by molar-refractivity contribution is -0.132. The number of aromatic amines is 1. The fourth-order valence-corrected chi connectivity index (χ4v) is 4.02. The second kappa shape index (κ2) is 11.9. The normalized spacial score (nSPS) is 11.6. The molecule has 0 radical (unpaired) electrons. The minimum atomic E-state index is -0.678. The molecule has 0 aliphatic carbocycles. The van der Waals surface area contributed by atoms with Crippen molar-refractivity contribution in [3.8, 4) is 11.3 Å². The van der Waals surface area contributed by atoms with Gasteiger partial charge in [-0.2, -0.15) is 5.10 Å². The van der Waals surface area contributed by atoms with E-state index in [0.29, 0.717) is 24.9 Å². The molecule has 0 bridgehead atoms. The van der Waals surface area contributed by atoms with Gasteiger partial charge in [-0.1, -0.05) is 48.5 Å². The Bertz CT molecular complexity index is 1270. The third kappa shape index (κ3) is 6.66. The molecule has 2 amide bonds. The summed E-state index contributed by atoms with van der Waals surface area (Å²) in [6.07, 6.45) is 1.83. The van der Waals surface area contributed by atoms with Crippen LogP contribution in [0.1, 0.15) is 28.0 Å². The molecule has 0 spiro atoms. The number of carbonyl (C=O) groups excluding carboxylic acids is 2. The molecule has 4 rings (SSSR count). The summed E-state index contributed by atoms with van der Waals surface area (Å²) < 4.78 is 13.2. The maximum atomic E-state index is 13.3. The Morgan fingerprint density at radius 1 is 0.972 bits per heavy atom. The lowest BCUT2D eigenvalue weighted by Gasteiger charge is -2.25. The van der Waals surface area contributed by atoms with Crippen LogP contribution in [0.25, 0.3) is 11.3 Å². The van der Waals surface area contributed by atoms with Crippen LogP contribution in [-0.4, -0.2) is 46.5 Å². The molecule has 1 heterocycles. The number of halogens is 1. The largest absolute Gasteiger partial charge is 0.344 e. The summed E-state index contributed by atoms with van der Waals surface area (Å²) in [7, 11) is 1.76. The maximum Gasteiger partial charge on any atom is 0.251 e. The van der Waals surface area contributed by atoms with Gasteiger partial charge in [0.2, 0.25) is 5.91 Å². The molecule has 0 unspecified atom stereocenters. The highest BCUT2D eigenvalue weighted by Gasteiger charge is 2.24. The van der Waals surface area contributed by atoms with Crippen LogP contribution in [0.4, 0.5) is 4.39 Å². The Morgan fingerprint density at radius 2 is 1.64 bits per heavy atom. The van der Waals surface area contributed by atoms with Gasteiger partial charge >= 0.3 is 0 Å². The third-order valence-corrected chi connectivity index (χ3v) is 6.01. The fourth-order valence-electron chi connectivity index (χ4n) is 4.02. The molecular formula is C29H29FN4O2. The molecule has 3 aromatic carbocycles. The maximum absolute atomic E-state index is 13.3. The van der Waals surface area contributed by atoms with Crippen molar-refractivity contribution in [2.45, 2.75) is 25.3 Å². The summed E-state index contributed by atoms with van der Waals surface area (Å²) in [4.78, 5) is 27.8. The predicted octanol–water partition coefficient (Wildman–Crippen LogP) is 4.65. The second-order valence-electron chi connectivity index (χ2n) is 8.73. The smallest absolute Gasteiger partial charge is 0.251 e. The molecular weight excluding hydrogens is 455 g/mol. The summed E-state index contributed by atoms with van der Waals surface area (Å²) in [6.45, 7) is 0.524. The number of rotatable bonds is 10. The first-order chi connectivity index (χ1) is 17.5. The molecule has 1 atom stereocenters. The van der Waals surface area contributed by atoms with Crippen LogP contribution in [0.3, 0.4) is 0 Å². The van der Waals surface area contributed by atoms with E-state index in [1.807, 2.05) is 42.5 Å². The molecule has 0 aliphatic rings. The lowest BCUT2D eigenvalue weighted by atomic mass is 10.0. The number of hydrogen-bond acceptors (Lipinski definition) is 3. The third-order valence-electron chi connectivity index (χ3n) is 6.01. The van der Waals surface area contributed by atoms with E-state index in [1.54, 1.807) is 48.3 Å². The van der Waals surface area contributed by atoms with E-state index < -0.39 is 6.04 Å². The molecule has 184 valence electrons. The Hall–Kier alpha value is -4.26. The lowest BCUT2D eigenvalue weighted by Crippen LogP contribution is -2.48. The van der Waals surface area contributed by atoms with Crippen molar-refractivity contribution in [2.75, 3.05) is 13.6 Å². The molecule has 7 heteroatoms. The van der Waals surface area contributed by atoms with Gasteiger partial charge in [0.25, 0.3) is 5.91 Å².